The van der Waals surface area contributed by atoms with Crippen LogP contribution in [-0.2, 0) is 9.53 Å². The molecule has 0 saturated heterocycles. The summed E-state index contributed by atoms with van der Waals surface area (Å²) in [6.45, 7) is 3.23. The molecule has 6 heteroatoms. The largest absolute Gasteiger partial charge is 0.423 e. The molecule has 0 radical (unpaired) electrons. The number of carbonyl (C=O) groups excluding carboxylic acids is 1. The third-order valence-electron chi connectivity index (χ3n) is 2.67. The Kier molecular flexibility index (Phi) is 5.25. The monoisotopic (exact) mass is 275 g/mol. The van der Waals surface area contributed by atoms with Crippen LogP contribution in [0.5, 0.6) is 0 Å². The van der Waals surface area contributed by atoms with Crippen molar-refractivity contribution in [1.82, 2.24) is 10.2 Å². The number of benzene rings is 1. The molecule has 0 aliphatic heterocycles. The van der Waals surface area contributed by atoms with Gasteiger partial charge in [0.15, 0.2) is 0 Å². The van der Waals surface area contributed by atoms with Gasteiger partial charge in [-0.15, -0.1) is 10.2 Å². The number of anilines is 1. The summed E-state index contributed by atoms with van der Waals surface area (Å²) in [6, 6.07) is 7.26. The van der Waals surface area contributed by atoms with Crippen molar-refractivity contribution in [3.63, 3.8) is 0 Å². The summed E-state index contributed by atoms with van der Waals surface area (Å²) in [7, 11) is 0. The maximum Gasteiger partial charge on any atom is 0.247 e. The lowest BCUT2D eigenvalue weighted by atomic mass is 10.2. The van der Waals surface area contributed by atoms with Crippen LogP contribution in [-0.4, -0.2) is 29.3 Å². The first-order valence-electron chi connectivity index (χ1n) is 6.54. The predicted octanol–water partition coefficient (Wildman–Crippen LogP) is 2.49. The molecule has 0 saturated carbocycles. The second kappa shape index (κ2) is 7.40. The fourth-order valence-electron chi connectivity index (χ4n) is 1.70. The van der Waals surface area contributed by atoms with E-state index in [0.717, 1.165) is 17.7 Å². The Balaban J connectivity index is 1.83. The molecule has 2 rings (SSSR count). The number of hydrogen-bond acceptors (Lipinski definition) is 5. The summed E-state index contributed by atoms with van der Waals surface area (Å²) in [5.74, 6) is 0.440. The smallest absolute Gasteiger partial charge is 0.247 e. The van der Waals surface area contributed by atoms with E-state index in [1.807, 2.05) is 19.1 Å². The maximum absolute atomic E-state index is 11.7. The van der Waals surface area contributed by atoms with Gasteiger partial charge in [-0.2, -0.15) is 0 Å². The van der Waals surface area contributed by atoms with Gasteiger partial charge in [0.05, 0.1) is 0 Å². The van der Waals surface area contributed by atoms with Gasteiger partial charge in [-0.05, 0) is 37.6 Å². The highest BCUT2D eigenvalue weighted by atomic mass is 16.5. The summed E-state index contributed by atoms with van der Waals surface area (Å²) < 4.78 is 10.3. The molecule has 0 fully saturated rings. The standard InChI is InChI=1S/C14H17N3O3/c1-2-19-9-3-4-13(18)16-12-7-5-11(6-8-12)14-17-15-10-20-14/h5-8,10H,2-4,9H2,1H3,(H,16,18). The summed E-state index contributed by atoms with van der Waals surface area (Å²) in [5.41, 5.74) is 1.56. The molecule has 1 N–H and O–H groups in total. The van der Waals surface area contributed by atoms with E-state index in [4.69, 9.17) is 9.15 Å². The Bertz CT molecular complexity index is 523. The second-order valence-electron chi connectivity index (χ2n) is 4.17. The van der Waals surface area contributed by atoms with Crippen LogP contribution in [0, 0.1) is 0 Å². The van der Waals surface area contributed by atoms with E-state index in [9.17, 15) is 4.79 Å². The number of ether oxygens (including phenoxy) is 1. The third kappa shape index (κ3) is 4.17. The second-order valence-corrected chi connectivity index (χ2v) is 4.17. The van der Waals surface area contributed by atoms with E-state index in [-0.39, 0.29) is 5.91 Å². The molecule has 6 nitrogen and oxygen atoms in total. The highest BCUT2D eigenvalue weighted by Crippen LogP contribution is 2.18. The lowest BCUT2D eigenvalue weighted by Crippen LogP contribution is -2.12. The van der Waals surface area contributed by atoms with Gasteiger partial charge in [-0.1, -0.05) is 0 Å². The number of amides is 1. The predicted molar refractivity (Wildman–Crippen MR) is 74.1 cm³/mol. The lowest BCUT2D eigenvalue weighted by Gasteiger charge is -2.05. The zero-order valence-corrected chi connectivity index (χ0v) is 11.3. The minimum absolute atomic E-state index is 0.0183. The van der Waals surface area contributed by atoms with Crippen LogP contribution < -0.4 is 5.32 Å². The lowest BCUT2D eigenvalue weighted by molar-refractivity contribution is -0.116. The molecular weight excluding hydrogens is 258 g/mol. The molecule has 1 aromatic carbocycles. The number of nitrogens with zero attached hydrogens (tertiary/aromatic N) is 2. The van der Waals surface area contributed by atoms with Crippen LogP contribution in [0.3, 0.4) is 0 Å². The van der Waals surface area contributed by atoms with Crippen molar-refractivity contribution < 1.29 is 13.9 Å². The molecule has 0 bridgehead atoms. The van der Waals surface area contributed by atoms with Gasteiger partial charge < -0.3 is 14.5 Å². The highest BCUT2D eigenvalue weighted by Gasteiger charge is 2.05. The van der Waals surface area contributed by atoms with E-state index < -0.39 is 0 Å². The van der Waals surface area contributed by atoms with Crippen LogP contribution in [0.15, 0.2) is 35.1 Å². The SMILES string of the molecule is CCOCCCC(=O)Nc1ccc(-c2nnco2)cc1. The third-order valence-corrected chi connectivity index (χ3v) is 2.67. The molecule has 0 unspecified atom stereocenters. The van der Waals surface area contributed by atoms with Crippen LogP contribution in [0.25, 0.3) is 11.5 Å². The van der Waals surface area contributed by atoms with Crippen molar-refractivity contribution in [2.24, 2.45) is 0 Å². The van der Waals surface area contributed by atoms with Crippen molar-refractivity contribution in [3.8, 4) is 11.5 Å². The molecule has 1 amide bonds. The Morgan fingerprint density at radius 3 is 2.80 bits per heavy atom. The van der Waals surface area contributed by atoms with Crippen LogP contribution in [0.2, 0.25) is 0 Å². The zero-order chi connectivity index (χ0) is 14.2. The van der Waals surface area contributed by atoms with Crippen LogP contribution >= 0.6 is 0 Å². The van der Waals surface area contributed by atoms with E-state index in [1.54, 1.807) is 12.1 Å². The van der Waals surface area contributed by atoms with Gasteiger partial charge in [0.25, 0.3) is 0 Å². The van der Waals surface area contributed by atoms with Gasteiger partial charge >= 0.3 is 0 Å². The van der Waals surface area contributed by atoms with Crippen LogP contribution in [0.4, 0.5) is 5.69 Å². The first-order chi connectivity index (χ1) is 9.79. The summed E-state index contributed by atoms with van der Waals surface area (Å²) in [6.07, 6.45) is 2.45. The number of carbonyl (C=O) groups is 1. The van der Waals surface area contributed by atoms with Crippen molar-refractivity contribution in [2.75, 3.05) is 18.5 Å². The van der Waals surface area contributed by atoms with E-state index in [1.165, 1.54) is 6.39 Å². The fourth-order valence-corrected chi connectivity index (χ4v) is 1.70. The summed E-state index contributed by atoms with van der Waals surface area (Å²) in [4.78, 5) is 11.7. The van der Waals surface area contributed by atoms with Crippen LogP contribution in [0.1, 0.15) is 19.8 Å². The molecular formula is C14H17N3O3. The molecule has 2 aromatic rings. The molecule has 1 aromatic heterocycles. The average Bonchev–Trinajstić information content (AvgIpc) is 2.99. The molecule has 0 aliphatic rings. The zero-order valence-electron chi connectivity index (χ0n) is 11.3. The first kappa shape index (κ1) is 14.2. The minimum atomic E-state index is -0.0183. The number of hydrogen-bond donors (Lipinski definition) is 1. The number of nitrogens with one attached hydrogen (secondary N) is 1. The van der Waals surface area contributed by atoms with E-state index in [0.29, 0.717) is 25.5 Å². The molecule has 106 valence electrons. The molecule has 0 spiro atoms. The Hall–Kier alpha value is -2.21. The molecule has 1 heterocycles. The van der Waals surface area contributed by atoms with Crippen molar-refractivity contribution >= 4 is 11.6 Å². The molecule has 0 atom stereocenters. The van der Waals surface area contributed by atoms with Gasteiger partial charge in [-0.3, -0.25) is 4.79 Å². The van der Waals surface area contributed by atoms with Gasteiger partial charge in [0.1, 0.15) is 0 Å². The Labute approximate surface area is 117 Å². The molecule has 20 heavy (non-hydrogen) atoms. The van der Waals surface area contributed by atoms with E-state index >= 15 is 0 Å². The normalized spacial score (nSPS) is 10.4. The maximum atomic E-state index is 11.7. The summed E-state index contributed by atoms with van der Waals surface area (Å²) in [5, 5.41) is 10.3. The summed E-state index contributed by atoms with van der Waals surface area (Å²) >= 11 is 0. The van der Waals surface area contributed by atoms with Gasteiger partial charge in [0, 0.05) is 30.9 Å². The number of rotatable bonds is 7. The van der Waals surface area contributed by atoms with Gasteiger partial charge in [-0.25, -0.2) is 0 Å². The van der Waals surface area contributed by atoms with Crippen molar-refractivity contribution in [1.29, 1.82) is 0 Å². The first-order valence-corrected chi connectivity index (χ1v) is 6.54. The van der Waals surface area contributed by atoms with E-state index in [2.05, 4.69) is 15.5 Å². The highest BCUT2D eigenvalue weighted by molar-refractivity contribution is 5.90. The average molecular weight is 275 g/mol. The molecule has 0 aliphatic carbocycles. The van der Waals surface area contributed by atoms with Gasteiger partial charge in [0.2, 0.25) is 18.2 Å². The number of aromatic nitrogens is 2. The Morgan fingerprint density at radius 1 is 1.35 bits per heavy atom. The van der Waals surface area contributed by atoms with Crippen molar-refractivity contribution in [2.45, 2.75) is 19.8 Å². The fraction of sp³-hybridized carbons (Fsp3) is 0.357. The topological polar surface area (TPSA) is 77.2 Å². The minimum Gasteiger partial charge on any atom is -0.423 e. The quantitative estimate of drug-likeness (QED) is 0.785. The Morgan fingerprint density at radius 2 is 2.15 bits per heavy atom. The van der Waals surface area contributed by atoms with Crippen molar-refractivity contribution in [3.05, 3.63) is 30.7 Å².